The Morgan fingerprint density at radius 3 is 2.80 bits per heavy atom. The molecule has 1 atom stereocenters. The van der Waals surface area contributed by atoms with Gasteiger partial charge in [-0.2, -0.15) is 4.98 Å². The van der Waals surface area contributed by atoms with E-state index in [0.717, 1.165) is 16.7 Å². The number of halogens is 2. The number of carbonyl (C=O) groups is 1. The Bertz CT molecular complexity index is 1410. The molecule has 0 saturated carbocycles. The van der Waals surface area contributed by atoms with Crippen molar-refractivity contribution in [2.45, 2.75) is 25.6 Å². The van der Waals surface area contributed by atoms with Crippen molar-refractivity contribution in [1.82, 2.24) is 4.98 Å². The maximum absolute atomic E-state index is 13.7. The zero-order valence-corrected chi connectivity index (χ0v) is 19.8. The Morgan fingerprint density at radius 2 is 2.03 bits per heavy atom. The highest BCUT2D eigenvalue weighted by Crippen LogP contribution is 2.40. The summed E-state index contributed by atoms with van der Waals surface area (Å²) < 4.78 is 36.3. The van der Waals surface area contributed by atoms with E-state index in [4.69, 9.17) is 30.2 Å². The molecular weight excluding hydrogens is 475 g/mol. The van der Waals surface area contributed by atoms with Crippen molar-refractivity contribution in [3.8, 4) is 11.5 Å². The van der Waals surface area contributed by atoms with Crippen LogP contribution < -0.4 is 14.4 Å². The summed E-state index contributed by atoms with van der Waals surface area (Å²) in [5.41, 5.74) is 3.36. The van der Waals surface area contributed by atoms with Crippen molar-refractivity contribution < 1.29 is 27.8 Å². The van der Waals surface area contributed by atoms with Crippen LogP contribution in [0.4, 0.5) is 10.4 Å². The lowest BCUT2D eigenvalue weighted by Crippen LogP contribution is -2.46. The van der Waals surface area contributed by atoms with Gasteiger partial charge in [0.15, 0.2) is 17.1 Å². The molecule has 180 valence electrons. The van der Waals surface area contributed by atoms with Gasteiger partial charge >= 0.3 is 5.97 Å². The molecule has 0 bridgehead atoms. The number of benzene rings is 3. The predicted molar refractivity (Wildman–Crippen MR) is 128 cm³/mol. The largest absolute Gasteiger partial charge is 0.493 e. The van der Waals surface area contributed by atoms with E-state index < -0.39 is 17.8 Å². The van der Waals surface area contributed by atoms with Gasteiger partial charge < -0.3 is 23.5 Å². The molecule has 7 nitrogen and oxygen atoms in total. The quantitative estimate of drug-likeness (QED) is 0.335. The second-order valence-electron chi connectivity index (χ2n) is 8.09. The van der Waals surface area contributed by atoms with Gasteiger partial charge in [0.25, 0.3) is 6.01 Å². The third-order valence-corrected chi connectivity index (χ3v) is 6.41. The molecule has 9 heteroatoms. The van der Waals surface area contributed by atoms with Gasteiger partial charge in [-0.15, -0.1) is 0 Å². The summed E-state index contributed by atoms with van der Waals surface area (Å²) in [4.78, 5) is 19.0. The van der Waals surface area contributed by atoms with Gasteiger partial charge in [0, 0.05) is 35.2 Å². The first kappa shape index (κ1) is 23.0. The van der Waals surface area contributed by atoms with E-state index in [0.29, 0.717) is 34.2 Å². The number of methoxy groups -OCH3 is 2. The maximum atomic E-state index is 13.7. The Kier molecular flexibility index (Phi) is 6.21. The Labute approximate surface area is 206 Å². The van der Waals surface area contributed by atoms with Crippen LogP contribution in [0.1, 0.15) is 16.7 Å². The number of fused-ring (bicyclic) bond motifs is 2. The highest BCUT2D eigenvalue weighted by Gasteiger charge is 2.37. The molecule has 0 radical (unpaired) electrons. The van der Waals surface area contributed by atoms with E-state index in [1.807, 2.05) is 30.3 Å². The third-order valence-electron chi connectivity index (χ3n) is 6.04. The predicted octanol–water partition coefficient (Wildman–Crippen LogP) is 5.31. The Balaban J connectivity index is 1.53. The van der Waals surface area contributed by atoms with Crippen LogP contribution in [-0.4, -0.2) is 31.2 Å². The van der Waals surface area contributed by atoms with Gasteiger partial charge in [0.1, 0.15) is 24.0 Å². The molecule has 1 aromatic heterocycles. The van der Waals surface area contributed by atoms with Crippen molar-refractivity contribution in [2.24, 2.45) is 0 Å². The molecule has 1 unspecified atom stereocenters. The van der Waals surface area contributed by atoms with E-state index in [1.54, 1.807) is 18.1 Å². The first-order chi connectivity index (χ1) is 17.0. The molecule has 4 aromatic rings. The molecule has 5 rings (SSSR count). The lowest BCUT2D eigenvalue weighted by Gasteiger charge is -2.35. The topological polar surface area (TPSA) is 74.0 Å². The second kappa shape index (κ2) is 9.46. The summed E-state index contributed by atoms with van der Waals surface area (Å²) >= 11 is 6.30. The van der Waals surface area contributed by atoms with Crippen LogP contribution in [0.15, 0.2) is 59.0 Å². The summed E-state index contributed by atoms with van der Waals surface area (Å²) in [5.74, 6) is 0.202. The molecule has 0 fully saturated rings. The second-order valence-corrected chi connectivity index (χ2v) is 8.50. The fraction of sp³-hybridized carbons (Fsp3) is 0.231. The Morgan fingerprint density at radius 1 is 1.20 bits per heavy atom. The maximum Gasteiger partial charge on any atom is 0.329 e. The molecule has 1 aliphatic heterocycles. The highest BCUT2D eigenvalue weighted by molar-refractivity contribution is 6.31. The van der Waals surface area contributed by atoms with Gasteiger partial charge in [0.05, 0.1) is 14.2 Å². The molecule has 2 heterocycles. The van der Waals surface area contributed by atoms with Gasteiger partial charge in [-0.25, -0.2) is 9.18 Å². The number of hydrogen-bond acceptors (Lipinski definition) is 7. The standard InChI is InChI=1S/C26H22ClFN2O5/c1-32-22-10-7-15-13-30(26-29-20-9-8-17(28)11-23(20)35-26)21(25(31)33-2)12-18(15)24(22)34-14-16-5-3-4-6-19(16)27/h3-11,21H,12-14H2,1-2H3. The molecular formula is C26H22ClFN2O5. The number of rotatable bonds is 6. The summed E-state index contributed by atoms with van der Waals surface area (Å²) in [5, 5.41) is 0.599. The lowest BCUT2D eigenvalue weighted by atomic mass is 9.92. The first-order valence-corrected chi connectivity index (χ1v) is 11.3. The number of hydrogen-bond donors (Lipinski definition) is 0. The minimum absolute atomic E-state index is 0.209. The normalized spacial score (nSPS) is 15.1. The summed E-state index contributed by atoms with van der Waals surface area (Å²) in [7, 11) is 2.90. The van der Waals surface area contributed by atoms with E-state index >= 15 is 0 Å². The van der Waals surface area contributed by atoms with E-state index in [1.165, 1.54) is 25.3 Å². The van der Waals surface area contributed by atoms with E-state index in [-0.39, 0.29) is 19.0 Å². The summed E-state index contributed by atoms with van der Waals surface area (Å²) in [6.45, 7) is 0.534. The van der Waals surface area contributed by atoms with E-state index in [9.17, 15) is 9.18 Å². The molecule has 35 heavy (non-hydrogen) atoms. The number of oxazole rings is 1. The molecule has 0 N–H and O–H groups in total. The number of anilines is 1. The van der Waals surface area contributed by atoms with Gasteiger partial charge in [0.2, 0.25) is 0 Å². The number of ether oxygens (including phenoxy) is 3. The molecule has 0 amide bonds. The Hall–Kier alpha value is -3.78. The SMILES string of the molecule is COC(=O)C1Cc2c(ccc(OC)c2OCc2ccccc2Cl)CN1c1nc2ccc(F)cc2o1. The van der Waals surface area contributed by atoms with Gasteiger partial charge in [-0.05, 0) is 29.8 Å². The van der Waals surface area contributed by atoms with Crippen LogP contribution >= 0.6 is 11.6 Å². The smallest absolute Gasteiger partial charge is 0.329 e. The fourth-order valence-corrected chi connectivity index (χ4v) is 4.45. The average Bonchev–Trinajstić information content (AvgIpc) is 3.29. The molecule has 0 saturated heterocycles. The first-order valence-electron chi connectivity index (χ1n) is 10.9. The fourth-order valence-electron chi connectivity index (χ4n) is 4.26. The summed E-state index contributed by atoms with van der Waals surface area (Å²) in [6, 6.07) is 14.8. The molecule has 0 aliphatic carbocycles. The third kappa shape index (κ3) is 4.37. The molecule has 1 aliphatic rings. The molecule has 3 aromatic carbocycles. The average molecular weight is 497 g/mol. The zero-order chi connectivity index (χ0) is 24.5. The minimum atomic E-state index is -0.736. The lowest BCUT2D eigenvalue weighted by molar-refractivity contribution is -0.142. The van der Waals surface area contributed by atoms with Gasteiger partial charge in [-0.3, -0.25) is 0 Å². The van der Waals surface area contributed by atoms with Crippen molar-refractivity contribution in [2.75, 3.05) is 19.1 Å². The van der Waals surface area contributed by atoms with Crippen molar-refractivity contribution in [3.05, 3.63) is 82.1 Å². The van der Waals surface area contributed by atoms with Crippen LogP contribution in [0.5, 0.6) is 11.5 Å². The van der Waals surface area contributed by atoms with Crippen molar-refractivity contribution >= 4 is 34.7 Å². The van der Waals surface area contributed by atoms with E-state index in [2.05, 4.69) is 4.98 Å². The number of nitrogens with zero attached hydrogens (tertiary/aromatic N) is 2. The minimum Gasteiger partial charge on any atom is -0.493 e. The van der Waals surface area contributed by atoms with Gasteiger partial charge in [-0.1, -0.05) is 35.9 Å². The monoisotopic (exact) mass is 496 g/mol. The number of aromatic nitrogens is 1. The number of esters is 1. The summed E-state index contributed by atoms with van der Waals surface area (Å²) in [6.07, 6.45) is 0.268. The highest BCUT2D eigenvalue weighted by atomic mass is 35.5. The van der Waals surface area contributed by atoms with Crippen molar-refractivity contribution in [3.63, 3.8) is 0 Å². The van der Waals surface area contributed by atoms with Crippen LogP contribution in [0, 0.1) is 5.82 Å². The number of carbonyl (C=O) groups excluding carboxylic acids is 1. The van der Waals surface area contributed by atoms with Crippen LogP contribution in [0.3, 0.4) is 0 Å². The molecule has 0 spiro atoms. The van der Waals surface area contributed by atoms with Crippen molar-refractivity contribution in [1.29, 1.82) is 0 Å². The van der Waals surface area contributed by atoms with Crippen LogP contribution in [-0.2, 0) is 29.1 Å². The van der Waals surface area contributed by atoms with Crippen LogP contribution in [0.25, 0.3) is 11.1 Å². The van der Waals surface area contributed by atoms with Crippen LogP contribution in [0.2, 0.25) is 5.02 Å². The zero-order valence-electron chi connectivity index (χ0n) is 19.1.